The molecule has 0 radical (unpaired) electrons. The largest absolute Gasteiger partial charge is 0.398 e. The van der Waals surface area contributed by atoms with Gasteiger partial charge in [-0.05, 0) is 36.8 Å². The number of aryl methyl sites for hydroxylation is 1. The van der Waals surface area contributed by atoms with E-state index < -0.39 is 0 Å². The highest BCUT2D eigenvalue weighted by Gasteiger charge is 2.11. The van der Waals surface area contributed by atoms with Gasteiger partial charge < -0.3 is 10.3 Å². The van der Waals surface area contributed by atoms with E-state index in [2.05, 4.69) is 22.5 Å². The van der Waals surface area contributed by atoms with Crippen LogP contribution in [0.3, 0.4) is 0 Å². The summed E-state index contributed by atoms with van der Waals surface area (Å²) in [6.07, 6.45) is 0.606. The van der Waals surface area contributed by atoms with Gasteiger partial charge in [-0.3, -0.25) is 0 Å². The van der Waals surface area contributed by atoms with Crippen molar-refractivity contribution in [3.05, 3.63) is 59.7 Å². The van der Waals surface area contributed by atoms with E-state index in [4.69, 9.17) is 5.73 Å². The molecule has 20 heavy (non-hydrogen) atoms. The van der Waals surface area contributed by atoms with Gasteiger partial charge in [0.25, 0.3) is 0 Å². The minimum atomic E-state index is -0.310. The van der Waals surface area contributed by atoms with Crippen LogP contribution in [0.4, 0.5) is 10.1 Å². The summed E-state index contributed by atoms with van der Waals surface area (Å²) in [5.74, 6) is 0.641. The first-order chi connectivity index (χ1) is 9.69. The first-order valence-electron chi connectivity index (χ1n) is 6.67. The molecule has 0 saturated heterocycles. The minimum absolute atomic E-state index is 0.310. The lowest BCUT2D eigenvalue weighted by molar-refractivity contribution is 0.627. The number of rotatable bonds is 3. The van der Waals surface area contributed by atoms with Crippen LogP contribution in [0.1, 0.15) is 18.3 Å². The summed E-state index contributed by atoms with van der Waals surface area (Å²) in [5, 5.41) is 0. The SMILES string of the molecule is CCn1c(Cc2ccc(F)cc2N)nc2ccccc21. The molecule has 4 heteroatoms. The van der Waals surface area contributed by atoms with E-state index in [9.17, 15) is 4.39 Å². The molecule has 0 aliphatic rings. The van der Waals surface area contributed by atoms with Crippen LogP contribution in [0.2, 0.25) is 0 Å². The molecule has 1 aromatic heterocycles. The zero-order valence-electron chi connectivity index (χ0n) is 11.3. The number of nitrogens with zero attached hydrogens (tertiary/aromatic N) is 2. The second kappa shape index (κ2) is 4.96. The molecular formula is C16H16FN3. The number of hydrogen-bond acceptors (Lipinski definition) is 2. The number of nitrogens with two attached hydrogens (primary N) is 1. The summed E-state index contributed by atoms with van der Waals surface area (Å²) in [7, 11) is 0. The smallest absolute Gasteiger partial charge is 0.125 e. The number of aromatic nitrogens is 2. The summed E-state index contributed by atoms with van der Waals surface area (Å²) in [6, 6.07) is 12.6. The number of nitrogen functional groups attached to an aromatic ring is 1. The number of anilines is 1. The highest BCUT2D eigenvalue weighted by atomic mass is 19.1. The van der Waals surface area contributed by atoms with Crippen LogP contribution < -0.4 is 5.73 Å². The van der Waals surface area contributed by atoms with Crippen LogP contribution in [-0.4, -0.2) is 9.55 Å². The van der Waals surface area contributed by atoms with Gasteiger partial charge >= 0.3 is 0 Å². The number of para-hydroxylation sites is 2. The van der Waals surface area contributed by atoms with Crippen LogP contribution in [0.5, 0.6) is 0 Å². The monoisotopic (exact) mass is 269 g/mol. The lowest BCUT2D eigenvalue weighted by Crippen LogP contribution is -2.04. The summed E-state index contributed by atoms with van der Waals surface area (Å²) >= 11 is 0. The molecule has 0 amide bonds. The average molecular weight is 269 g/mol. The molecule has 3 aromatic rings. The van der Waals surface area contributed by atoms with Crippen molar-refractivity contribution < 1.29 is 4.39 Å². The first kappa shape index (κ1) is 12.7. The first-order valence-corrected chi connectivity index (χ1v) is 6.67. The van der Waals surface area contributed by atoms with Crippen LogP contribution in [0.25, 0.3) is 11.0 Å². The molecular weight excluding hydrogens is 253 g/mol. The third-order valence-corrected chi connectivity index (χ3v) is 3.51. The fourth-order valence-corrected chi connectivity index (χ4v) is 2.51. The Labute approximate surface area is 116 Å². The molecule has 0 atom stereocenters. The zero-order chi connectivity index (χ0) is 14.1. The van der Waals surface area contributed by atoms with Crippen molar-refractivity contribution in [2.45, 2.75) is 19.9 Å². The van der Waals surface area contributed by atoms with Gasteiger partial charge in [-0.2, -0.15) is 0 Å². The van der Waals surface area contributed by atoms with E-state index >= 15 is 0 Å². The fourth-order valence-electron chi connectivity index (χ4n) is 2.51. The van der Waals surface area contributed by atoms with E-state index in [1.54, 1.807) is 6.07 Å². The molecule has 3 rings (SSSR count). The zero-order valence-corrected chi connectivity index (χ0v) is 11.3. The number of fused-ring (bicyclic) bond motifs is 1. The molecule has 2 aromatic carbocycles. The van der Waals surface area contributed by atoms with Gasteiger partial charge in [-0.15, -0.1) is 0 Å². The van der Waals surface area contributed by atoms with Gasteiger partial charge in [0.2, 0.25) is 0 Å². The maximum atomic E-state index is 13.1. The van der Waals surface area contributed by atoms with Crippen molar-refractivity contribution in [1.82, 2.24) is 9.55 Å². The molecule has 0 aliphatic carbocycles. The van der Waals surface area contributed by atoms with Gasteiger partial charge in [0.1, 0.15) is 11.6 Å². The predicted molar refractivity (Wildman–Crippen MR) is 79.0 cm³/mol. The summed E-state index contributed by atoms with van der Waals surface area (Å²) < 4.78 is 15.3. The molecule has 0 unspecified atom stereocenters. The lowest BCUT2D eigenvalue weighted by Gasteiger charge is -2.08. The molecule has 0 spiro atoms. The summed E-state index contributed by atoms with van der Waals surface area (Å²) in [6.45, 7) is 2.93. The van der Waals surface area contributed by atoms with Crippen LogP contribution in [0.15, 0.2) is 42.5 Å². The van der Waals surface area contributed by atoms with Gasteiger partial charge in [0, 0.05) is 18.7 Å². The Morgan fingerprint density at radius 3 is 2.75 bits per heavy atom. The number of hydrogen-bond donors (Lipinski definition) is 1. The fraction of sp³-hybridized carbons (Fsp3) is 0.188. The second-order valence-corrected chi connectivity index (χ2v) is 4.78. The topological polar surface area (TPSA) is 43.8 Å². The highest BCUT2D eigenvalue weighted by Crippen LogP contribution is 2.21. The predicted octanol–water partition coefficient (Wildman–Crippen LogP) is 3.37. The molecule has 0 fully saturated rings. The van der Waals surface area contributed by atoms with Crippen molar-refractivity contribution in [3.63, 3.8) is 0 Å². The normalized spacial score (nSPS) is 11.1. The van der Waals surface area contributed by atoms with Crippen LogP contribution in [-0.2, 0) is 13.0 Å². The Bertz CT molecular complexity index is 762. The maximum absolute atomic E-state index is 13.1. The van der Waals surface area contributed by atoms with E-state index in [0.717, 1.165) is 29.0 Å². The Balaban J connectivity index is 2.06. The Kier molecular flexibility index (Phi) is 3.14. The summed E-state index contributed by atoms with van der Waals surface area (Å²) in [5.41, 5.74) is 9.34. The number of halogens is 1. The summed E-state index contributed by atoms with van der Waals surface area (Å²) in [4.78, 5) is 4.66. The van der Waals surface area contributed by atoms with Gasteiger partial charge in [0.05, 0.1) is 11.0 Å². The number of imidazole rings is 1. The Morgan fingerprint density at radius 2 is 2.00 bits per heavy atom. The molecule has 0 bridgehead atoms. The Hall–Kier alpha value is -2.36. The lowest BCUT2D eigenvalue weighted by atomic mass is 10.1. The minimum Gasteiger partial charge on any atom is -0.398 e. The van der Waals surface area contributed by atoms with Crippen molar-refractivity contribution >= 4 is 16.7 Å². The number of benzene rings is 2. The maximum Gasteiger partial charge on any atom is 0.125 e. The molecule has 102 valence electrons. The van der Waals surface area contributed by atoms with E-state index in [1.807, 2.05) is 18.2 Å². The molecule has 0 saturated carbocycles. The van der Waals surface area contributed by atoms with Crippen LogP contribution in [0, 0.1) is 5.82 Å². The van der Waals surface area contributed by atoms with Gasteiger partial charge in [-0.25, -0.2) is 9.37 Å². The van der Waals surface area contributed by atoms with E-state index in [1.165, 1.54) is 12.1 Å². The molecule has 3 nitrogen and oxygen atoms in total. The van der Waals surface area contributed by atoms with E-state index in [-0.39, 0.29) is 5.82 Å². The van der Waals surface area contributed by atoms with Crippen molar-refractivity contribution in [1.29, 1.82) is 0 Å². The molecule has 1 heterocycles. The van der Waals surface area contributed by atoms with Crippen LogP contribution >= 0.6 is 0 Å². The Morgan fingerprint density at radius 1 is 1.20 bits per heavy atom. The van der Waals surface area contributed by atoms with Crippen molar-refractivity contribution in [3.8, 4) is 0 Å². The molecule has 0 aliphatic heterocycles. The molecule has 2 N–H and O–H groups in total. The van der Waals surface area contributed by atoms with E-state index in [0.29, 0.717) is 12.1 Å². The standard InChI is InChI=1S/C16H16FN3/c1-2-20-15-6-4-3-5-14(15)19-16(20)9-11-7-8-12(17)10-13(11)18/h3-8,10H,2,9,18H2,1H3. The third-order valence-electron chi connectivity index (χ3n) is 3.51. The van der Waals surface area contributed by atoms with Gasteiger partial charge in [-0.1, -0.05) is 18.2 Å². The third kappa shape index (κ3) is 2.13. The second-order valence-electron chi connectivity index (χ2n) is 4.78. The quantitative estimate of drug-likeness (QED) is 0.741. The van der Waals surface area contributed by atoms with Crippen molar-refractivity contribution in [2.75, 3.05) is 5.73 Å². The van der Waals surface area contributed by atoms with Crippen molar-refractivity contribution in [2.24, 2.45) is 0 Å². The average Bonchev–Trinajstić information content (AvgIpc) is 2.79. The van der Waals surface area contributed by atoms with Gasteiger partial charge in [0.15, 0.2) is 0 Å². The highest BCUT2D eigenvalue weighted by molar-refractivity contribution is 5.76.